The summed E-state index contributed by atoms with van der Waals surface area (Å²) in [5, 5.41) is 12.6. The monoisotopic (exact) mass is 285 g/mol. The molecule has 0 aliphatic rings. The molecule has 1 N–H and O–H groups in total. The Labute approximate surface area is 122 Å². The van der Waals surface area contributed by atoms with Crippen LogP contribution in [0.4, 0.5) is 5.69 Å². The van der Waals surface area contributed by atoms with Crippen molar-refractivity contribution < 1.29 is 4.79 Å². The maximum atomic E-state index is 11.4. The zero-order chi connectivity index (χ0) is 14.5. The van der Waals surface area contributed by atoms with E-state index >= 15 is 0 Å². The minimum atomic E-state index is -0.0364. The number of benzene rings is 1. The molecular weight excluding hydrogens is 274 g/mol. The lowest BCUT2D eigenvalue weighted by Gasteiger charge is -2.09. The SMILES string of the molecule is CC(=O)c1ccc(C#N)c(NCc2ccc(Cl)nc2)c1. The van der Waals surface area contributed by atoms with E-state index in [-0.39, 0.29) is 5.78 Å². The van der Waals surface area contributed by atoms with Crippen LogP contribution in [0.1, 0.15) is 28.4 Å². The molecule has 0 spiro atoms. The number of Topliss-reactive ketones (excluding diaryl/α,β-unsaturated/α-hetero) is 1. The third-order valence-electron chi connectivity index (χ3n) is 2.82. The first-order chi connectivity index (χ1) is 9.60. The van der Waals surface area contributed by atoms with Gasteiger partial charge in [-0.25, -0.2) is 4.98 Å². The normalized spacial score (nSPS) is 9.85. The van der Waals surface area contributed by atoms with E-state index in [2.05, 4.69) is 16.4 Å². The summed E-state index contributed by atoms with van der Waals surface area (Å²) >= 11 is 5.72. The second-order valence-corrected chi connectivity index (χ2v) is 4.66. The van der Waals surface area contributed by atoms with E-state index in [4.69, 9.17) is 16.9 Å². The average molecular weight is 286 g/mol. The minimum absolute atomic E-state index is 0.0364. The highest BCUT2D eigenvalue weighted by atomic mass is 35.5. The van der Waals surface area contributed by atoms with Crippen molar-refractivity contribution in [3.8, 4) is 6.07 Å². The van der Waals surface area contributed by atoms with E-state index in [1.54, 1.807) is 30.5 Å². The lowest BCUT2D eigenvalue weighted by Crippen LogP contribution is -2.03. The molecule has 1 heterocycles. The first kappa shape index (κ1) is 14.0. The Morgan fingerprint density at radius 3 is 2.80 bits per heavy atom. The predicted octanol–water partition coefficient (Wildman–Crippen LogP) is 3.42. The quantitative estimate of drug-likeness (QED) is 0.690. The lowest BCUT2D eigenvalue weighted by atomic mass is 10.1. The number of anilines is 1. The third-order valence-corrected chi connectivity index (χ3v) is 3.04. The van der Waals surface area contributed by atoms with Gasteiger partial charge in [-0.05, 0) is 36.8 Å². The highest BCUT2D eigenvalue weighted by Gasteiger charge is 2.06. The fourth-order valence-electron chi connectivity index (χ4n) is 1.72. The number of carbonyl (C=O) groups excluding carboxylic acids is 1. The van der Waals surface area contributed by atoms with E-state index in [0.717, 1.165) is 5.56 Å². The van der Waals surface area contributed by atoms with Gasteiger partial charge in [-0.15, -0.1) is 0 Å². The van der Waals surface area contributed by atoms with Crippen LogP contribution in [0.15, 0.2) is 36.5 Å². The van der Waals surface area contributed by atoms with Gasteiger partial charge in [0.05, 0.1) is 11.3 Å². The number of pyridine rings is 1. The molecule has 0 aliphatic heterocycles. The van der Waals surface area contributed by atoms with E-state index in [1.807, 2.05) is 6.07 Å². The number of hydrogen-bond donors (Lipinski definition) is 1. The molecular formula is C15H12ClN3O. The standard InChI is InChI=1S/C15H12ClN3O/c1-10(20)12-3-4-13(7-17)14(6-12)18-8-11-2-5-15(16)19-9-11/h2-6,9,18H,8H2,1H3. The molecule has 0 unspecified atom stereocenters. The Morgan fingerprint density at radius 1 is 1.40 bits per heavy atom. The van der Waals surface area contributed by atoms with Gasteiger partial charge in [0, 0.05) is 18.3 Å². The van der Waals surface area contributed by atoms with Crippen molar-refractivity contribution in [1.82, 2.24) is 4.98 Å². The molecule has 4 nitrogen and oxygen atoms in total. The maximum Gasteiger partial charge on any atom is 0.159 e. The van der Waals surface area contributed by atoms with Crippen LogP contribution in [0.2, 0.25) is 5.15 Å². The fraction of sp³-hybridized carbons (Fsp3) is 0.133. The van der Waals surface area contributed by atoms with Crippen molar-refractivity contribution >= 4 is 23.1 Å². The number of hydrogen-bond acceptors (Lipinski definition) is 4. The summed E-state index contributed by atoms with van der Waals surface area (Å²) in [4.78, 5) is 15.4. The number of rotatable bonds is 4. The van der Waals surface area contributed by atoms with E-state index < -0.39 is 0 Å². The number of carbonyl (C=O) groups is 1. The van der Waals surface area contributed by atoms with Gasteiger partial charge >= 0.3 is 0 Å². The lowest BCUT2D eigenvalue weighted by molar-refractivity contribution is 0.101. The Balaban J connectivity index is 2.19. The second kappa shape index (κ2) is 6.18. The summed E-state index contributed by atoms with van der Waals surface area (Å²) in [5.74, 6) is -0.0364. The van der Waals surface area contributed by atoms with Crippen LogP contribution in [0.25, 0.3) is 0 Å². The number of nitriles is 1. The van der Waals surface area contributed by atoms with Crippen LogP contribution in [0, 0.1) is 11.3 Å². The Morgan fingerprint density at radius 2 is 2.20 bits per heavy atom. The van der Waals surface area contributed by atoms with Gasteiger partial charge in [0.2, 0.25) is 0 Å². The molecule has 0 saturated carbocycles. The molecule has 0 saturated heterocycles. The molecule has 0 amide bonds. The predicted molar refractivity (Wildman–Crippen MR) is 77.7 cm³/mol. The van der Waals surface area contributed by atoms with Crippen LogP contribution in [-0.2, 0) is 6.54 Å². The maximum absolute atomic E-state index is 11.4. The van der Waals surface area contributed by atoms with Crippen molar-refractivity contribution in [2.45, 2.75) is 13.5 Å². The van der Waals surface area contributed by atoms with Crippen molar-refractivity contribution in [2.24, 2.45) is 0 Å². The number of nitrogens with one attached hydrogen (secondary N) is 1. The van der Waals surface area contributed by atoms with Crippen LogP contribution in [0.5, 0.6) is 0 Å². The minimum Gasteiger partial charge on any atom is -0.380 e. The first-order valence-corrected chi connectivity index (χ1v) is 6.37. The van der Waals surface area contributed by atoms with Crippen molar-refractivity contribution in [3.05, 3.63) is 58.4 Å². The van der Waals surface area contributed by atoms with Crippen LogP contribution >= 0.6 is 11.6 Å². The van der Waals surface area contributed by atoms with Gasteiger partial charge < -0.3 is 5.32 Å². The molecule has 0 fully saturated rings. The van der Waals surface area contributed by atoms with Crippen molar-refractivity contribution in [2.75, 3.05) is 5.32 Å². The van der Waals surface area contributed by atoms with Gasteiger partial charge in [-0.3, -0.25) is 4.79 Å². The molecule has 0 bridgehead atoms. The summed E-state index contributed by atoms with van der Waals surface area (Å²) in [6.45, 7) is 1.99. The Bertz CT molecular complexity index is 675. The molecule has 0 aliphatic carbocycles. The molecule has 20 heavy (non-hydrogen) atoms. The highest BCUT2D eigenvalue weighted by Crippen LogP contribution is 2.18. The summed E-state index contributed by atoms with van der Waals surface area (Å²) in [7, 11) is 0. The van der Waals surface area contributed by atoms with Crippen LogP contribution in [0.3, 0.4) is 0 Å². The zero-order valence-corrected chi connectivity index (χ0v) is 11.6. The largest absolute Gasteiger partial charge is 0.380 e. The van der Waals surface area contributed by atoms with Crippen LogP contribution < -0.4 is 5.32 Å². The summed E-state index contributed by atoms with van der Waals surface area (Å²) in [6.07, 6.45) is 1.66. The van der Waals surface area contributed by atoms with E-state index in [1.165, 1.54) is 6.92 Å². The number of aromatic nitrogens is 1. The summed E-state index contributed by atoms with van der Waals surface area (Å²) in [6, 6.07) is 10.6. The Hall–Kier alpha value is -2.38. The van der Waals surface area contributed by atoms with Crippen LogP contribution in [-0.4, -0.2) is 10.8 Å². The van der Waals surface area contributed by atoms with E-state index in [0.29, 0.717) is 28.5 Å². The molecule has 2 rings (SSSR count). The van der Waals surface area contributed by atoms with E-state index in [9.17, 15) is 4.79 Å². The molecule has 1 aromatic heterocycles. The zero-order valence-electron chi connectivity index (χ0n) is 10.9. The molecule has 1 aromatic carbocycles. The molecule has 100 valence electrons. The number of nitrogens with zero attached hydrogens (tertiary/aromatic N) is 2. The molecule has 2 aromatic rings. The first-order valence-electron chi connectivity index (χ1n) is 5.99. The van der Waals surface area contributed by atoms with Crippen molar-refractivity contribution in [1.29, 1.82) is 5.26 Å². The molecule has 5 heteroatoms. The third kappa shape index (κ3) is 3.34. The second-order valence-electron chi connectivity index (χ2n) is 4.27. The Kier molecular flexibility index (Phi) is 4.34. The van der Waals surface area contributed by atoms with Gasteiger partial charge in [0.1, 0.15) is 11.2 Å². The van der Waals surface area contributed by atoms with Crippen molar-refractivity contribution in [3.63, 3.8) is 0 Å². The fourth-order valence-corrected chi connectivity index (χ4v) is 1.83. The smallest absolute Gasteiger partial charge is 0.159 e. The summed E-state index contributed by atoms with van der Waals surface area (Å²) in [5.41, 5.74) is 2.64. The van der Waals surface area contributed by atoms with Gasteiger partial charge in [-0.1, -0.05) is 17.7 Å². The topological polar surface area (TPSA) is 65.8 Å². The van der Waals surface area contributed by atoms with Gasteiger partial charge in [0.25, 0.3) is 0 Å². The number of ketones is 1. The average Bonchev–Trinajstić information content (AvgIpc) is 2.46. The number of halogens is 1. The molecule has 0 atom stereocenters. The van der Waals surface area contributed by atoms with Gasteiger partial charge in [-0.2, -0.15) is 5.26 Å². The molecule has 0 radical (unpaired) electrons. The summed E-state index contributed by atoms with van der Waals surface area (Å²) < 4.78 is 0. The highest BCUT2D eigenvalue weighted by molar-refractivity contribution is 6.29. The van der Waals surface area contributed by atoms with Gasteiger partial charge in [0.15, 0.2) is 5.78 Å².